The summed E-state index contributed by atoms with van der Waals surface area (Å²) >= 11 is 1.54. The maximum Gasteiger partial charge on any atom is 0.243 e. The summed E-state index contributed by atoms with van der Waals surface area (Å²) in [6, 6.07) is 22.1. The van der Waals surface area contributed by atoms with Crippen molar-refractivity contribution in [2.45, 2.75) is 29.7 Å². The molecule has 3 aromatic carbocycles. The molecule has 32 heavy (non-hydrogen) atoms. The number of rotatable bonds is 8. The van der Waals surface area contributed by atoms with Gasteiger partial charge in [-0.25, -0.2) is 8.42 Å². The second-order valence-corrected chi connectivity index (χ2v) is 10.6. The van der Waals surface area contributed by atoms with E-state index in [0.29, 0.717) is 0 Å². The highest BCUT2D eigenvalue weighted by Crippen LogP contribution is 2.26. The van der Waals surface area contributed by atoms with Crippen LogP contribution in [0.5, 0.6) is 0 Å². The number of thioether (sulfide) groups is 1. The van der Waals surface area contributed by atoms with Crippen molar-refractivity contribution in [2.24, 2.45) is 0 Å². The smallest absolute Gasteiger partial charge is 0.243 e. The standard InChI is InChI=1S/C25H28N2O3S2/c1-18-10-15-23(19(2)16-18)25(20-8-6-5-7-9-20)26-24(28)17-27(3)32(29,30)22-13-11-21(31-4)12-14-22/h5-16,25H,17H2,1-4H3,(H,26,28)/t25-/m1/s1. The van der Waals surface area contributed by atoms with Crippen LogP contribution in [-0.2, 0) is 14.8 Å². The molecule has 0 fully saturated rings. The summed E-state index contributed by atoms with van der Waals surface area (Å²) in [6.07, 6.45) is 1.93. The van der Waals surface area contributed by atoms with E-state index in [9.17, 15) is 13.2 Å². The van der Waals surface area contributed by atoms with Gasteiger partial charge in [0, 0.05) is 11.9 Å². The molecule has 0 aromatic heterocycles. The van der Waals surface area contributed by atoms with E-state index < -0.39 is 10.0 Å². The molecule has 1 amide bonds. The predicted molar refractivity (Wildman–Crippen MR) is 130 cm³/mol. The number of likely N-dealkylation sites (N-methyl/N-ethyl adjacent to an activating group) is 1. The van der Waals surface area contributed by atoms with Gasteiger partial charge in [0.2, 0.25) is 15.9 Å². The Hall–Kier alpha value is -2.61. The molecule has 0 spiro atoms. The maximum absolute atomic E-state index is 12.9. The van der Waals surface area contributed by atoms with E-state index in [1.807, 2.05) is 62.6 Å². The van der Waals surface area contributed by atoms with Crippen LogP contribution in [0.1, 0.15) is 28.3 Å². The Kier molecular flexibility index (Phi) is 7.77. The fourth-order valence-corrected chi connectivity index (χ4v) is 5.09. The lowest BCUT2D eigenvalue weighted by atomic mass is 9.94. The molecule has 0 unspecified atom stereocenters. The molecule has 3 rings (SSSR count). The topological polar surface area (TPSA) is 66.5 Å². The van der Waals surface area contributed by atoms with E-state index in [1.54, 1.807) is 24.3 Å². The van der Waals surface area contributed by atoms with Crippen molar-refractivity contribution in [2.75, 3.05) is 19.8 Å². The third-order valence-electron chi connectivity index (χ3n) is 5.31. The highest BCUT2D eigenvalue weighted by molar-refractivity contribution is 7.98. The fourth-order valence-electron chi connectivity index (χ4n) is 3.56. The van der Waals surface area contributed by atoms with Crippen LogP contribution in [0.15, 0.2) is 82.6 Å². The molecular weight excluding hydrogens is 440 g/mol. The Bertz CT molecular complexity index is 1180. The van der Waals surface area contributed by atoms with Crippen LogP contribution < -0.4 is 5.32 Å². The van der Waals surface area contributed by atoms with Crippen LogP contribution in [0.3, 0.4) is 0 Å². The molecule has 0 radical (unpaired) electrons. The number of sulfonamides is 1. The summed E-state index contributed by atoms with van der Waals surface area (Å²) in [5, 5.41) is 3.03. The van der Waals surface area contributed by atoms with Gasteiger partial charge in [-0.3, -0.25) is 4.79 Å². The van der Waals surface area contributed by atoms with Crippen LogP contribution in [0.2, 0.25) is 0 Å². The highest BCUT2D eigenvalue weighted by Gasteiger charge is 2.25. The van der Waals surface area contributed by atoms with E-state index in [2.05, 4.69) is 11.4 Å². The average Bonchev–Trinajstić information content (AvgIpc) is 2.78. The van der Waals surface area contributed by atoms with Crippen molar-refractivity contribution in [1.82, 2.24) is 9.62 Å². The Morgan fingerprint density at radius 1 is 1.00 bits per heavy atom. The summed E-state index contributed by atoms with van der Waals surface area (Å²) in [4.78, 5) is 14.1. The molecule has 0 aliphatic carbocycles. The number of carbonyl (C=O) groups excluding carboxylic acids is 1. The quantitative estimate of drug-likeness (QED) is 0.493. The number of benzene rings is 3. The minimum Gasteiger partial charge on any atom is -0.344 e. The zero-order valence-corrected chi connectivity index (χ0v) is 20.3. The second kappa shape index (κ2) is 10.3. The van der Waals surface area contributed by atoms with Gasteiger partial charge >= 0.3 is 0 Å². The Morgan fingerprint density at radius 3 is 2.25 bits per heavy atom. The number of carbonyl (C=O) groups is 1. The lowest BCUT2D eigenvalue weighted by Crippen LogP contribution is -2.40. The van der Waals surface area contributed by atoms with Crippen molar-refractivity contribution in [1.29, 1.82) is 0 Å². The summed E-state index contributed by atoms with van der Waals surface area (Å²) in [7, 11) is -2.35. The van der Waals surface area contributed by atoms with E-state index >= 15 is 0 Å². The van der Waals surface area contributed by atoms with Gasteiger partial charge < -0.3 is 5.32 Å². The number of aryl methyl sites for hydroxylation is 2. The predicted octanol–water partition coefficient (Wildman–Crippen LogP) is 4.55. The lowest BCUT2D eigenvalue weighted by molar-refractivity contribution is -0.121. The second-order valence-electron chi connectivity index (χ2n) is 7.71. The molecule has 5 nitrogen and oxygen atoms in total. The van der Waals surface area contributed by atoms with E-state index in [-0.39, 0.29) is 23.4 Å². The van der Waals surface area contributed by atoms with E-state index in [4.69, 9.17) is 0 Å². The summed E-state index contributed by atoms with van der Waals surface area (Å²) in [5.74, 6) is -0.370. The van der Waals surface area contributed by atoms with Gasteiger partial charge in [0.25, 0.3) is 0 Å². The SMILES string of the molecule is CSc1ccc(S(=O)(=O)N(C)CC(=O)N[C@H](c2ccccc2)c2ccc(C)cc2C)cc1. The summed E-state index contributed by atoms with van der Waals surface area (Å²) in [6.45, 7) is 3.76. The summed E-state index contributed by atoms with van der Waals surface area (Å²) in [5.41, 5.74) is 4.12. The van der Waals surface area contributed by atoms with E-state index in [1.165, 1.54) is 18.8 Å². The monoisotopic (exact) mass is 468 g/mol. The molecule has 0 saturated heterocycles. The number of nitrogens with one attached hydrogen (secondary N) is 1. The van der Waals surface area contributed by atoms with Gasteiger partial charge in [0.05, 0.1) is 17.5 Å². The molecule has 1 atom stereocenters. The third-order valence-corrected chi connectivity index (χ3v) is 7.87. The Morgan fingerprint density at radius 2 is 1.66 bits per heavy atom. The average molecular weight is 469 g/mol. The van der Waals surface area contributed by atoms with Crippen molar-refractivity contribution < 1.29 is 13.2 Å². The first-order chi connectivity index (χ1) is 15.2. The fraction of sp³-hybridized carbons (Fsp3) is 0.240. The van der Waals surface area contributed by atoms with Crippen molar-refractivity contribution in [3.8, 4) is 0 Å². The molecule has 3 aromatic rings. The lowest BCUT2D eigenvalue weighted by Gasteiger charge is -2.24. The van der Waals surface area contributed by atoms with Crippen LogP contribution in [-0.4, -0.2) is 38.5 Å². The van der Waals surface area contributed by atoms with Gasteiger partial charge in [0.15, 0.2) is 0 Å². The number of hydrogen-bond donors (Lipinski definition) is 1. The van der Waals surface area contributed by atoms with Gasteiger partial charge in [-0.1, -0.05) is 54.1 Å². The van der Waals surface area contributed by atoms with Gasteiger partial charge in [-0.2, -0.15) is 4.31 Å². The Labute approximate surface area is 194 Å². The van der Waals surface area contributed by atoms with Gasteiger partial charge in [-0.15, -0.1) is 11.8 Å². The molecular formula is C25H28N2O3S2. The van der Waals surface area contributed by atoms with Crippen molar-refractivity contribution in [3.05, 3.63) is 95.1 Å². The Balaban J connectivity index is 1.81. The zero-order chi connectivity index (χ0) is 23.3. The van der Waals surface area contributed by atoms with Crippen molar-refractivity contribution >= 4 is 27.7 Å². The van der Waals surface area contributed by atoms with Crippen LogP contribution >= 0.6 is 11.8 Å². The van der Waals surface area contributed by atoms with E-state index in [0.717, 1.165) is 31.5 Å². The van der Waals surface area contributed by atoms with Crippen LogP contribution in [0.25, 0.3) is 0 Å². The van der Waals surface area contributed by atoms with Crippen LogP contribution in [0.4, 0.5) is 0 Å². The van der Waals surface area contributed by atoms with Crippen LogP contribution in [0, 0.1) is 13.8 Å². The maximum atomic E-state index is 12.9. The largest absolute Gasteiger partial charge is 0.344 e. The number of nitrogens with zero attached hydrogens (tertiary/aromatic N) is 1. The first kappa shape index (κ1) is 24.0. The molecule has 7 heteroatoms. The summed E-state index contributed by atoms with van der Waals surface area (Å²) < 4.78 is 26.9. The van der Waals surface area contributed by atoms with Gasteiger partial charge in [-0.05, 0) is 61.1 Å². The minimum atomic E-state index is -3.77. The third kappa shape index (κ3) is 5.59. The zero-order valence-electron chi connectivity index (χ0n) is 18.7. The molecule has 168 valence electrons. The number of hydrogen-bond acceptors (Lipinski definition) is 4. The minimum absolute atomic E-state index is 0.166. The number of amides is 1. The highest BCUT2D eigenvalue weighted by atomic mass is 32.2. The molecule has 0 heterocycles. The first-order valence-electron chi connectivity index (χ1n) is 10.2. The molecule has 0 aliphatic rings. The van der Waals surface area contributed by atoms with Gasteiger partial charge in [0.1, 0.15) is 0 Å². The molecule has 1 N–H and O–H groups in total. The van der Waals surface area contributed by atoms with Crippen molar-refractivity contribution in [3.63, 3.8) is 0 Å². The molecule has 0 aliphatic heterocycles. The normalized spacial score (nSPS) is 12.5. The molecule has 0 bridgehead atoms. The molecule has 0 saturated carbocycles. The first-order valence-corrected chi connectivity index (χ1v) is 12.9.